The van der Waals surface area contributed by atoms with Crippen LogP contribution in [0.2, 0.25) is 4.34 Å². The standard InChI is InChI=1S/C9H12ClNS/c10-9-4-3-8(12-9)7(11)5-6-1-2-6/h3-4,6-7H,1-2,5,11H2/t7-/m1/s1. The van der Waals surface area contributed by atoms with Crippen molar-refractivity contribution in [2.45, 2.75) is 25.3 Å². The maximum Gasteiger partial charge on any atom is 0.0931 e. The topological polar surface area (TPSA) is 26.0 Å². The van der Waals surface area contributed by atoms with Crippen LogP contribution in [0.25, 0.3) is 0 Å². The first-order chi connectivity index (χ1) is 5.75. The molecule has 1 aromatic heterocycles. The number of halogens is 1. The molecule has 1 aliphatic rings. The van der Waals surface area contributed by atoms with Crippen LogP contribution in [-0.4, -0.2) is 0 Å². The minimum Gasteiger partial charge on any atom is -0.323 e. The number of rotatable bonds is 3. The predicted octanol–water partition coefficient (Wildman–Crippen LogP) is 3.20. The molecule has 0 aromatic carbocycles. The molecule has 0 bridgehead atoms. The van der Waals surface area contributed by atoms with E-state index >= 15 is 0 Å². The maximum absolute atomic E-state index is 6.00. The Balaban J connectivity index is 1.97. The van der Waals surface area contributed by atoms with Gasteiger partial charge in [-0.15, -0.1) is 11.3 Å². The van der Waals surface area contributed by atoms with E-state index in [0.29, 0.717) is 0 Å². The number of nitrogens with two attached hydrogens (primary N) is 1. The first-order valence-corrected chi connectivity index (χ1v) is 5.46. The van der Waals surface area contributed by atoms with Crippen molar-refractivity contribution in [3.05, 3.63) is 21.3 Å². The highest BCUT2D eigenvalue weighted by Gasteiger charge is 2.24. The molecule has 2 rings (SSSR count). The molecule has 1 saturated carbocycles. The van der Waals surface area contributed by atoms with E-state index in [2.05, 4.69) is 0 Å². The van der Waals surface area contributed by atoms with Gasteiger partial charge in [0.25, 0.3) is 0 Å². The molecule has 1 atom stereocenters. The molecule has 0 saturated heterocycles. The molecule has 12 heavy (non-hydrogen) atoms. The summed E-state index contributed by atoms with van der Waals surface area (Å²) in [6.45, 7) is 0. The van der Waals surface area contributed by atoms with Crippen molar-refractivity contribution < 1.29 is 0 Å². The molecule has 1 nitrogen and oxygen atoms in total. The highest BCUT2D eigenvalue weighted by molar-refractivity contribution is 7.16. The first kappa shape index (κ1) is 8.54. The maximum atomic E-state index is 6.00. The average molecular weight is 202 g/mol. The van der Waals surface area contributed by atoms with E-state index in [1.807, 2.05) is 12.1 Å². The molecule has 1 aromatic rings. The van der Waals surface area contributed by atoms with E-state index in [-0.39, 0.29) is 6.04 Å². The van der Waals surface area contributed by atoms with Crippen molar-refractivity contribution in [1.29, 1.82) is 0 Å². The average Bonchev–Trinajstić information content (AvgIpc) is 2.72. The van der Waals surface area contributed by atoms with Gasteiger partial charge < -0.3 is 5.73 Å². The molecular weight excluding hydrogens is 190 g/mol. The van der Waals surface area contributed by atoms with Crippen molar-refractivity contribution >= 4 is 22.9 Å². The summed E-state index contributed by atoms with van der Waals surface area (Å²) in [5.74, 6) is 0.890. The van der Waals surface area contributed by atoms with Crippen LogP contribution in [0.15, 0.2) is 12.1 Å². The Morgan fingerprint density at radius 3 is 2.83 bits per heavy atom. The monoisotopic (exact) mass is 201 g/mol. The van der Waals surface area contributed by atoms with Gasteiger partial charge in [-0.1, -0.05) is 24.4 Å². The van der Waals surface area contributed by atoms with Gasteiger partial charge in [0.1, 0.15) is 0 Å². The van der Waals surface area contributed by atoms with Gasteiger partial charge in [0, 0.05) is 10.9 Å². The Bertz CT molecular complexity index is 267. The fraction of sp³-hybridized carbons (Fsp3) is 0.556. The van der Waals surface area contributed by atoms with Gasteiger partial charge in [0.15, 0.2) is 0 Å². The molecule has 0 unspecified atom stereocenters. The molecule has 0 amide bonds. The van der Waals surface area contributed by atoms with Crippen molar-refractivity contribution in [3.63, 3.8) is 0 Å². The second-order valence-corrected chi connectivity index (χ2v) is 5.17. The Hall–Kier alpha value is -0.0500. The largest absolute Gasteiger partial charge is 0.323 e. The second-order valence-electron chi connectivity index (χ2n) is 3.43. The van der Waals surface area contributed by atoms with E-state index in [0.717, 1.165) is 16.7 Å². The number of hydrogen-bond acceptors (Lipinski definition) is 2. The molecule has 1 fully saturated rings. The molecule has 0 spiro atoms. The molecule has 0 radical (unpaired) electrons. The molecular formula is C9H12ClNS. The molecule has 1 aliphatic carbocycles. The Morgan fingerprint density at radius 1 is 1.58 bits per heavy atom. The van der Waals surface area contributed by atoms with Crippen LogP contribution in [0.4, 0.5) is 0 Å². The van der Waals surface area contributed by atoms with Crippen LogP contribution in [0.3, 0.4) is 0 Å². The lowest BCUT2D eigenvalue weighted by molar-refractivity contribution is 0.605. The Kier molecular flexibility index (Phi) is 2.40. The summed E-state index contributed by atoms with van der Waals surface area (Å²) in [4.78, 5) is 1.23. The summed E-state index contributed by atoms with van der Waals surface area (Å²) in [5, 5.41) is 0. The third kappa shape index (κ3) is 2.00. The summed E-state index contributed by atoms with van der Waals surface area (Å²) in [6, 6.07) is 4.18. The first-order valence-electron chi connectivity index (χ1n) is 4.26. The molecule has 1 heterocycles. The quantitative estimate of drug-likeness (QED) is 0.799. The summed E-state index contributed by atoms with van der Waals surface area (Å²) >= 11 is 7.43. The lowest BCUT2D eigenvalue weighted by atomic mass is 10.1. The number of thiophene rings is 1. The SMILES string of the molecule is N[C@H](CC1CC1)c1ccc(Cl)s1. The van der Waals surface area contributed by atoms with Gasteiger partial charge in [0.05, 0.1) is 4.34 Å². The van der Waals surface area contributed by atoms with Crippen LogP contribution in [0.1, 0.15) is 30.2 Å². The number of hydrogen-bond donors (Lipinski definition) is 1. The van der Waals surface area contributed by atoms with Crippen LogP contribution in [-0.2, 0) is 0 Å². The Labute approximate surface area is 81.5 Å². The van der Waals surface area contributed by atoms with Crippen LogP contribution < -0.4 is 5.73 Å². The second kappa shape index (κ2) is 3.36. The van der Waals surface area contributed by atoms with E-state index in [1.54, 1.807) is 11.3 Å². The van der Waals surface area contributed by atoms with Crippen molar-refractivity contribution in [2.75, 3.05) is 0 Å². The van der Waals surface area contributed by atoms with Crippen molar-refractivity contribution in [2.24, 2.45) is 11.7 Å². The molecule has 2 N–H and O–H groups in total. The van der Waals surface area contributed by atoms with E-state index in [4.69, 9.17) is 17.3 Å². The zero-order chi connectivity index (χ0) is 8.55. The van der Waals surface area contributed by atoms with Crippen molar-refractivity contribution in [3.8, 4) is 0 Å². The van der Waals surface area contributed by atoms with Crippen LogP contribution >= 0.6 is 22.9 Å². The highest BCUT2D eigenvalue weighted by atomic mass is 35.5. The van der Waals surface area contributed by atoms with E-state index < -0.39 is 0 Å². The van der Waals surface area contributed by atoms with Gasteiger partial charge in [-0.3, -0.25) is 0 Å². The minimum atomic E-state index is 0.218. The summed E-state index contributed by atoms with van der Waals surface area (Å²) in [6.07, 6.45) is 3.87. The lowest BCUT2D eigenvalue weighted by Gasteiger charge is -2.06. The summed E-state index contributed by atoms with van der Waals surface area (Å²) < 4.78 is 0.844. The summed E-state index contributed by atoms with van der Waals surface area (Å²) in [7, 11) is 0. The zero-order valence-corrected chi connectivity index (χ0v) is 8.37. The third-order valence-corrected chi connectivity index (χ3v) is 3.61. The van der Waals surface area contributed by atoms with Crippen LogP contribution in [0, 0.1) is 5.92 Å². The minimum absolute atomic E-state index is 0.218. The fourth-order valence-corrected chi connectivity index (χ4v) is 2.43. The highest BCUT2D eigenvalue weighted by Crippen LogP contribution is 2.38. The van der Waals surface area contributed by atoms with E-state index in [1.165, 1.54) is 17.7 Å². The van der Waals surface area contributed by atoms with Gasteiger partial charge in [-0.05, 0) is 24.5 Å². The summed E-state index contributed by atoms with van der Waals surface area (Å²) in [5.41, 5.74) is 6.00. The predicted molar refractivity (Wildman–Crippen MR) is 53.6 cm³/mol. The van der Waals surface area contributed by atoms with Crippen molar-refractivity contribution in [1.82, 2.24) is 0 Å². The molecule has 3 heteroatoms. The zero-order valence-electron chi connectivity index (χ0n) is 6.79. The van der Waals surface area contributed by atoms with Crippen LogP contribution in [0.5, 0.6) is 0 Å². The molecule has 66 valence electrons. The third-order valence-electron chi connectivity index (χ3n) is 2.24. The van der Waals surface area contributed by atoms with Gasteiger partial charge in [0.2, 0.25) is 0 Å². The molecule has 0 aliphatic heterocycles. The van der Waals surface area contributed by atoms with Gasteiger partial charge in [-0.2, -0.15) is 0 Å². The lowest BCUT2D eigenvalue weighted by Crippen LogP contribution is -2.08. The smallest absolute Gasteiger partial charge is 0.0931 e. The van der Waals surface area contributed by atoms with E-state index in [9.17, 15) is 0 Å². The normalized spacial score (nSPS) is 19.5. The fourth-order valence-electron chi connectivity index (χ4n) is 1.36. The Morgan fingerprint density at radius 2 is 2.33 bits per heavy atom. The van der Waals surface area contributed by atoms with Gasteiger partial charge in [-0.25, -0.2) is 0 Å². The van der Waals surface area contributed by atoms with Gasteiger partial charge >= 0.3 is 0 Å².